The maximum absolute atomic E-state index is 12.3. The highest BCUT2D eigenvalue weighted by molar-refractivity contribution is 7.91. The summed E-state index contributed by atoms with van der Waals surface area (Å²) in [6.45, 7) is 0.575. The number of carbonyl (C=O) groups is 1. The quantitative estimate of drug-likeness (QED) is 0.877. The van der Waals surface area contributed by atoms with E-state index >= 15 is 0 Å². The molecule has 6 nitrogen and oxygen atoms in total. The number of thiophene rings is 1. The Kier molecular flexibility index (Phi) is 3.89. The largest absolute Gasteiger partial charge is 0.369 e. The first kappa shape index (κ1) is 14.0. The number of nitriles is 1. The number of carbonyl (C=O) groups excluding carboxylic acids is 1. The van der Waals surface area contributed by atoms with Crippen LogP contribution in [-0.4, -0.2) is 31.7 Å². The van der Waals surface area contributed by atoms with Crippen LogP contribution in [0.1, 0.15) is 17.7 Å². The first-order valence-corrected chi connectivity index (χ1v) is 8.00. The van der Waals surface area contributed by atoms with Gasteiger partial charge in [-0.15, -0.1) is 11.3 Å². The molecule has 0 radical (unpaired) electrons. The molecule has 0 bridgehead atoms. The third-order valence-corrected chi connectivity index (χ3v) is 6.50. The second-order valence-electron chi connectivity index (χ2n) is 4.31. The Labute approximate surface area is 115 Å². The van der Waals surface area contributed by atoms with Gasteiger partial charge in [-0.25, -0.2) is 8.42 Å². The monoisotopic (exact) mass is 299 g/mol. The Morgan fingerprint density at radius 2 is 2.05 bits per heavy atom. The lowest BCUT2D eigenvalue weighted by atomic mass is 9.98. The summed E-state index contributed by atoms with van der Waals surface area (Å²) in [7, 11) is -3.55. The summed E-state index contributed by atoms with van der Waals surface area (Å²) in [6, 6.07) is 4.86. The molecule has 0 spiro atoms. The van der Waals surface area contributed by atoms with Crippen molar-refractivity contribution in [1.29, 1.82) is 5.26 Å². The molecule has 0 aromatic carbocycles. The maximum Gasteiger partial charge on any atom is 0.252 e. The van der Waals surface area contributed by atoms with Crippen molar-refractivity contribution in [2.75, 3.05) is 13.1 Å². The van der Waals surface area contributed by atoms with E-state index in [-0.39, 0.29) is 29.1 Å². The molecule has 0 atom stereocenters. The molecule has 0 saturated carbocycles. The van der Waals surface area contributed by atoms with Crippen LogP contribution in [0.3, 0.4) is 0 Å². The van der Waals surface area contributed by atoms with Gasteiger partial charge < -0.3 is 5.73 Å². The number of hydrogen-bond acceptors (Lipinski definition) is 5. The van der Waals surface area contributed by atoms with Gasteiger partial charge in [0.05, 0.1) is 0 Å². The van der Waals surface area contributed by atoms with Crippen LogP contribution < -0.4 is 5.73 Å². The van der Waals surface area contributed by atoms with Crippen LogP contribution >= 0.6 is 11.3 Å². The molecule has 8 heteroatoms. The molecule has 1 aromatic heterocycles. The predicted molar refractivity (Wildman–Crippen MR) is 69.7 cm³/mol. The average molecular weight is 299 g/mol. The van der Waals surface area contributed by atoms with E-state index in [1.165, 1.54) is 16.4 Å². The minimum atomic E-state index is -3.55. The van der Waals surface area contributed by atoms with E-state index in [0.717, 1.165) is 11.3 Å². The summed E-state index contributed by atoms with van der Waals surface area (Å²) >= 11 is 0.958. The molecule has 2 rings (SSSR count). The van der Waals surface area contributed by atoms with E-state index in [4.69, 9.17) is 11.0 Å². The van der Waals surface area contributed by atoms with E-state index in [1.807, 2.05) is 6.07 Å². The van der Waals surface area contributed by atoms with E-state index in [9.17, 15) is 13.2 Å². The molecule has 0 aliphatic carbocycles. The fourth-order valence-electron chi connectivity index (χ4n) is 2.03. The van der Waals surface area contributed by atoms with E-state index in [2.05, 4.69) is 0 Å². The van der Waals surface area contributed by atoms with Gasteiger partial charge in [-0.1, -0.05) is 0 Å². The Morgan fingerprint density at radius 1 is 1.42 bits per heavy atom. The van der Waals surface area contributed by atoms with Gasteiger partial charge in [0, 0.05) is 19.0 Å². The smallest absolute Gasteiger partial charge is 0.252 e. The number of sulfonamides is 1. The van der Waals surface area contributed by atoms with E-state index < -0.39 is 10.0 Å². The molecule has 1 fully saturated rings. The van der Waals surface area contributed by atoms with E-state index in [0.29, 0.717) is 17.7 Å². The highest BCUT2D eigenvalue weighted by atomic mass is 32.2. The van der Waals surface area contributed by atoms with Crippen molar-refractivity contribution >= 4 is 27.3 Å². The topological polar surface area (TPSA) is 104 Å². The van der Waals surface area contributed by atoms with Gasteiger partial charge in [0.1, 0.15) is 15.2 Å². The molecule has 0 unspecified atom stereocenters. The Morgan fingerprint density at radius 3 is 2.53 bits per heavy atom. The van der Waals surface area contributed by atoms with Gasteiger partial charge in [-0.3, -0.25) is 4.79 Å². The molecule has 1 saturated heterocycles. The van der Waals surface area contributed by atoms with Crippen molar-refractivity contribution in [3.63, 3.8) is 0 Å². The van der Waals surface area contributed by atoms with Crippen LogP contribution in [0.25, 0.3) is 0 Å². The zero-order valence-electron chi connectivity index (χ0n) is 10.1. The van der Waals surface area contributed by atoms with Crippen LogP contribution in [0.5, 0.6) is 0 Å². The summed E-state index contributed by atoms with van der Waals surface area (Å²) in [5, 5.41) is 8.72. The summed E-state index contributed by atoms with van der Waals surface area (Å²) in [6.07, 6.45) is 0.899. The van der Waals surface area contributed by atoms with Crippen LogP contribution in [0.4, 0.5) is 0 Å². The average Bonchev–Trinajstić information content (AvgIpc) is 2.88. The van der Waals surface area contributed by atoms with Gasteiger partial charge >= 0.3 is 0 Å². The Bertz CT molecular complexity index is 622. The first-order chi connectivity index (χ1) is 8.95. The number of nitrogens with zero attached hydrogens (tertiary/aromatic N) is 2. The Balaban J connectivity index is 2.14. The number of primary amides is 1. The van der Waals surface area contributed by atoms with Gasteiger partial charge in [-0.2, -0.15) is 9.57 Å². The van der Waals surface area contributed by atoms with Gasteiger partial charge in [0.15, 0.2) is 0 Å². The molecule has 1 aliphatic rings. The number of hydrogen-bond donors (Lipinski definition) is 1. The third kappa shape index (κ3) is 2.78. The lowest BCUT2D eigenvalue weighted by molar-refractivity contribution is -0.122. The molecular formula is C11H13N3O3S2. The maximum atomic E-state index is 12.3. The lowest BCUT2D eigenvalue weighted by Gasteiger charge is -2.29. The second kappa shape index (κ2) is 5.28. The molecule has 1 aromatic rings. The molecule has 102 valence electrons. The van der Waals surface area contributed by atoms with E-state index in [1.54, 1.807) is 0 Å². The number of amides is 1. The molecular weight excluding hydrogens is 286 g/mol. The highest BCUT2D eigenvalue weighted by Crippen LogP contribution is 2.27. The fourth-order valence-corrected chi connectivity index (χ4v) is 4.75. The second-order valence-corrected chi connectivity index (χ2v) is 7.56. The standard InChI is InChI=1S/C11H13N3O3S2/c12-7-9-1-2-10(18-9)19(16,17)14-5-3-8(4-6-14)11(13)15/h1-2,8H,3-6H2,(H2,13,15). The van der Waals surface area contributed by atoms with Crippen molar-refractivity contribution in [2.24, 2.45) is 11.7 Å². The van der Waals surface area contributed by atoms with Crippen LogP contribution in [-0.2, 0) is 14.8 Å². The highest BCUT2D eigenvalue weighted by Gasteiger charge is 2.32. The van der Waals surface area contributed by atoms with Crippen LogP contribution in [0.2, 0.25) is 0 Å². The normalized spacial score (nSPS) is 18.1. The summed E-state index contributed by atoms with van der Waals surface area (Å²) in [4.78, 5) is 11.4. The molecule has 2 heterocycles. The van der Waals surface area contributed by atoms with Crippen molar-refractivity contribution in [2.45, 2.75) is 17.1 Å². The van der Waals surface area contributed by atoms with Crippen molar-refractivity contribution < 1.29 is 13.2 Å². The van der Waals surface area contributed by atoms with Crippen molar-refractivity contribution in [3.8, 4) is 6.07 Å². The fraction of sp³-hybridized carbons (Fsp3) is 0.455. The van der Waals surface area contributed by atoms with Crippen molar-refractivity contribution in [1.82, 2.24) is 4.31 Å². The van der Waals surface area contributed by atoms with Gasteiger partial charge in [0.2, 0.25) is 5.91 Å². The molecule has 1 aliphatic heterocycles. The first-order valence-electron chi connectivity index (χ1n) is 5.74. The summed E-state index contributed by atoms with van der Waals surface area (Å²) in [5.41, 5.74) is 5.21. The van der Waals surface area contributed by atoms with Crippen molar-refractivity contribution in [3.05, 3.63) is 17.0 Å². The van der Waals surface area contributed by atoms with Gasteiger partial charge in [-0.05, 0) is 25.0 Å². The summed E-state index contributed by atoms with van der Waals surface area (Å²) in [5.74, 6) is -0.621. The van der Waals surface area contributed by atoms with Crippen LogP contribution in [0, 0.1) is 17.2 Å². The molecule has 19 heavy (non-hydrogen) atoms. The van der Waals surface area contributed by atoms with Crippen LogP contribution in [0.15, 0.2) is 16.3 Å². The zero-order chi connectivity index (χ0) is 14.0. The zero-order valence-corrected chi connectivity index (χ0v) is 11.7. The molecule has 1 amide bonds. The Hall–Kier alpha value is -1.43. The number of rotatable bonds is 3. The van der Waals surface area contributed by atoms with Gasteiger partial charge in [0.25, 0.3) is 10.0 Å². The predicted octanol–water partition coefficient (Wildman–Crippen LogP) is 0.506. The molecule has 2 N–H and O–H groups in total. The minimum Gasteiger partial charge on any atom is -0.369 e. The lowest BCUT2D eigenvalue weighted by Crippen LogP contribution is -2.41. The number of piperidine rings is 1. The summed E-state index contributed by atoms with van der Waals surface area (Å²) < 4.78 is 26.1. The third-order valence-electron chi connectivity index (χ3n) is 3.14. The minimum absolute atomic E-state index is 0.168. The SMILES string of the molecule is N#Cc1ccc(S(=O)(=O)N2CCC(C(N)=O)CC2)s1. The number of nitrogens with two attached hydrogens (primary N) is 1.